The summed E-state index contributed by atoms with van der Waals surface area (Å²) in [7, 11) is 3.69. The largest absolute Gasteiger partial charge is 0.346 e. The van der Waals surface area contributed by atoms with Crippen LogP contribution in [0, 0.1) is 6.92 Å². The Labute approximate surface area is 132 Å². The fourth-order valence-corrected chi connectivity index (χ4v) is 3.06. The van der Waals surface area contributed by atoms with Gasteiger partial charge in [-0.2, -0.15) is 10.2 Å². The van der Waals surface area contributed by atoms with Crippen molar-refractivity contribution in [2.45, 2.75) is 13.5 Å². The van der Waals surface area contributed by atoms with E-state index in [4.69, 9.17) is 0 Å². The van der Waals surface area contributed by atoms with E-state index in [-0.39, 0.29) is 5.91 Å². The Kier molecular flexibility index (Phi) is 3.81. The van der Waals surface area contributed by atoms with Gasteiger partial charge in [0.15, 0.2) is 0 Å². The van der Waals surface area contributed by atoms with Crippen LogP contribution in [0.3, 0.4) is 0 Å². The van der Waals surface area contributed by atoms with Crippen molar-refractivity contribution in [1.29, 1.82) is 0 Å². The fourth-order valence-electron chi connectivity index (χ4n) is 2.34. The summed E-state index contributed by atoms with van der Waals surface area (Å²) in [6.45, 7) is 2.39. The summed E-state index contributed by atoms with van der Waals surface area (Å²) >= 11 is 1.57. The van der Waals surface area contributed by atoms with E-state index >= 15 is 0 Å². The van der Waals surface area contributed by atoms with Gasteiger partial charge >= 0.3 is 0 Å². The first-order valence-corrected chi connectivity index (χ1v) is 7.77. The third-order valence-electron chi connectivity index (χ3n) is 3.36. The molecular formula is C15H17N5OS. The lowest BCUT2D eigenvalue weighted by Crippen LogP contribution is -2.23. The fraction of sp³-hybridized carbons (Fsp3) is 0.267. The number of hydrogen-bond acceptors (Lipinski definition) is 4. The molecule has 1 N–H and O–H groups in total. The summed E-state index contributed by atoms with van der Waals surface area (Å²) < 4.78 is 3.41. The third kappa shape index (κ3) is 2.80. The Morgan fingerprint density at radius 3 is 2.68 bits per heavy atom. The predicted octanol–water partition coefficient (Wildman–Crippen LogP) is 2.12. The Morgan fingerprint density at radius 1 is 1.27 bits per heavy atom. The van der Waals surface area contributed by atoms with Crippen molar-refractivity contribution in [2.75, 3.05) is 0 Å². The molecule has 0 saturated carbocycles. The molecule has 3 heterocycles. The zero-order valence-corrected chi connectivity index (χ0v) is 13.5. The first-order chi connectivity index (χ1) is 10.5. The Bertz CT molecular complexity index is 800. The highest BCUT2D eigenvalue weighted by atomic mass is 32.1. The number of nitrogens with one attached hydrogen (secondary N) is 1. The van der Waals surface area contributed by atoms with Gasteiger partial charge in [0.25, 0.3) is 5.91 Å². The topological polar surface area (TPSA) is 64.7 Å². The summed E-state index contributed by atoms with van der Waals surface area (Å²) in [6, 6.07) is 3.92. The minimum absolute atomic E-state index is 0.137. The summed E-state index contributed by atoms with van der Waals surface area (Å²) in [4.78, 5) is 13.5. The number of nitrogens with zero attached hydrogens (tertiary/aromatic N) is 4. The second-order valence-electron chi connectivity index (χ2n) is 5.16. The van der Waals surface area contributed by atoms with Crippen LogP contribution in [0.15, 0.2) is 29.9 Å². The summed E-state index contributed by atoms with van der Waals surface area (Å²) in [5.41, 5.74) is 3.23. The number of carbonyl (C=O) groups excluding carboxylic acids is 1. The molecule has 0 aromatic carbocycles. The van der Waals surface area contributed by atoms with Crippen LogP contribution in [-0.2, 0) is 20.6 Å². The van der Waals surface area contributed by atoms with Crippen LogP contribution in [0.4, 0.5) is 0 Å². The molecule has 1 amide bonds. The predicted molar refractivity (Wildman–Crippen MR) is 85.6 cm³/mol. The van der Waals surface area contributed by atoms with Gasteiger partial charge in [0.05, 0.1) is 22.7 Å². The maximum atomic E-state index is 12.5. The average molecular weight is 315 g/mol. The molecule has 0 aliphatic rings. The second kappa shape index (κ2) is 5.76. The average Bonchev–Trinajstić information content (AvgIpc) is 3.16. The molecule has 0 fully saturated rings. The number of aromatic nitrogens is 4. The normalized spacial score (nSPS) is 10.9. The molecule has 3 aromatic rings. The molecule has 6 nitrogen and oxygen atoms in total. The van der Waals surface area contributed by atoms with Crippen molar-refractivity contribution in [3.63, 3.8) is 0 Å². The van der Waals surface area contributed by atoms with Crippen LogP contribution in [0.2, 0.25) is 0 Å². The molecule has 22 heavy (non-hydrogen) atoms. The van der Waals surface area contributed by atoms with E-state index in [0.29, 0.717) is 17.8 Å². The minimum Gasteiger partial charge on any atom is -0.346 e. The van der Waals surface area contributed by atoms with Crippen LogP contribution in [-0.4, -0.2) is 25.5 Å². The van der Waals surface area contributed by atoms with Crippen molar-refractivity contribution >= 4 is 17.2 Å². The number of hydrogen-bond donors (Lipinski definition) is 1. The second-order valence-corrected chi connectivity index (χ2v) is 6.11. The zero-order valence-electron chi connectivity index (χ0n) is 12.7. The molecule has 7 heteroatoms. The number of amides is 1. The van der Waals surface area contributed by atoms with Crippen LogP contribution >= 0.6 is 11.3 Å². The van der Waals surface area contributed by atoms with E-state index in [1.54, 1.807) is 26.9 Å². The van der Waals surface area contributed by atoms with E-state index < -0.39 is 0 Å². The lowest BCUT2D eigenvalue weighted by Gasteiger charge is -2.03. The number of aryl methyl sites for hydroxylation is 3. The van der Waals surface area contributed by atoms with Crippen LogP contribution < -0.4 is 5.32 Å². The minimum atomic E-state index is -0.137. The maximum absolute atomic E-state index is 12.5. The van der Waals surface area contributed by atoms with Crippen molar-refractivity contribution in [3.05, 3.63) is 46.7 Å². The lowest BCUT2D eigenvalue weighted by atomic mass is 10.2. The van der Waals surface area contributed by atoms with E-state index in [9.17, 15) is 4.79 Å². The van der Waals surface area contributed by atoms with Crippen LogP contribution in [0.25, 0.3) is 10.6 Å². The van der Waals surface area contributed by atoms with Crippen molar-refractivity contribution in [3.8, 4) is 10.6 Å². The molecule has 0 bridgehead atoms. The summed E-state index contributed by atoms with van der Waals surface area (Å²) in [5, 5.41) is 13.6. The SMILES string of the molecule is Cc1cn(C)nc1CNC(=O)c1cn(C)nc1-c1cccs1. The Hall–Kier alpha value is -2.41. The Balaban J connectivity index is 1.79. The molecule has 114 valence electrons. The van der Waals surface area contributed by atoms with E-state index in [0.717, 1.165) is 16.1 Å². The zero-order chi connectivity index (χ0) is 15.7. The van der Waals surface area contributed by atoms with E-state index in [1.807, 2.05) is 44.7 Å². The molecule has 0 atom stereocenters. The highest BCUT2D eigenvalue weighted by Crippen LogP contribution is 2.26. The van der Waals surface area contributed by atoms with Gasteiger partial charge in [0.1, 0.15) is 5.69 Å². The molecular weight excluding hydrogens is 298 g/mol. The molecule has 0 saturated heterocycles. The van der Waals surface area contributed by atoms with Gasteiger partial charge in [0.2, 0.25) is 0 Å². The smallest absolute Gasteiger partial charge is 0.255 e. The highest BCUT2D eigenvalue weighted by molar-refractivity contribution is 7.13. The summed E-state index contributed by atoms with van der Waals surface area (Å²) in [6.07, 6.45) is 3.68. The quantitative estimate of drug-likeness (QED) is 0.802. The van der Waals surface area contributed by atoms with Gasteiger partial charge in [-0.1, -0.05) is 6.07 Å². The number of thiophene rings is 1. The van der Waals surface area contributed by atoms with Crippen molar-refractivity contribution in [2.24, 2.45) is 14.1 Å². The van der Waals surface area contributed by atoms with Gasteiger partial charge in [-0.25, -0.2) is 0 Å². The first kappa shape index (κ1) is 14.5. The molecule has 0 radical (unpaired) electrons. The number of carbonyl (C=O) groups is 1. The molecule has 3 aromatic heterocycles. The van der Waals surface area contributed by atoms with Crippen molar-refractivity contribution < 1.29 is 4.79 Å². The van der Waals surface area contributed by atoms with Gasteiger partial charge in [-0.05, 0) is 23.9 Å². The Morgan fingerprint density at radius 2 is 2.05 bits per heavy atom. The molecule has 0 unspecified atom stereocenters. The molecule has 0 aliphatic carbocycles. The molecule has 0 spiro atoms. The highest BCUT2D eigenvalue weighted by Gasteiger charge is 2.18. The van der Waals surface area contributed by atoms with E-state index in [2.05, 4.69) is 15.5 Å². The monoisotopic (exact) mass is 315 g/mol. The standard InChI is InChI=1S/C15H17N5OS/c1-10-8-19(2)17-12(10)7-16-15(21)11-9-20(3)18-14(11)13-5-4-6-22-13/h4-6,8-9H,7H2,1-3H3,(H,16,21). The van der Waals surface area contributed by atoms with Gasteiger partial charge < -0.3 is 5.32 Å². The van der Waals surface area contributed by atoms with Crippen molar-refractivity contribution in [1.82, 2.24) is 24.9 Å². The third-order valence-corrected chi connectivity index (χ3v) is 4.24. The lowest BCUT2D eigenvalue weighted by molar-refractivity contribution is 0.0951. The van der Waals surface area contributed by atoms with E-state index in [1.165, 1.54) is 0 Å². The van der Waals surface area contributed by atoms with Gasteiger partial charge in [0, 0.05) is 26.5 Å². The number of rotatable bonds is 4. The maximum Gasteiger partial charge on any atom is 0.255 e. The van der Waals surface area contributed by atoms with Gasteiger partial charge in [-0.15, -0.1) is 11.3 Å². The molecule has 3 rings (SSSR count). The first-order valence-electron chi connectivity index (χ1n) is 6.89. The van der Waals surface area contributed by atoms with Crippen LogP contribution in [0.1, 0.15) is 21.6 Å². The van der Waals surface area contributed by atoms with Gasteiger partial charge in [-0.3, -0.25) is 14.2 Å². The molecule has 0 aliphatic heterocycles. The van der Waals surface area contributed by atoms with Crippen LogP contribution in [0.5, 0.6) is 0 Å². The summed E-state index contributed by atoms with van der Waals surface area (Å²) in [5.74, 6) is -0.137.